The summed E-state index contributed by atoms with van der Waals surface area (Å²) < 4.78 is 5.21. The summed E-state index contributed by atoms with van der Waals surface area (Å²) in [4.78, 5) is 14.1. The monoisotopic (exact) mass is 225 g/mol. The zero-order valence-electron chi connectivity index (χ0n) is 10.7. The van der Waals surface area contributed by atoms with E-state index in [9.17, 15) is 4.79 Å². The standard InChI is InChI=1S/C13H23NO2/c1-4-12(3,5-2)6-11(15)14-7-13(8-14)9-16-10-13/h4-10H2,1-3H3. The molecule has 2 saturated heterocycles. The van der Waals surface area contributed by atoms with Crippen LogP contribution in [-0.4, -0.2) is 37.1 Å². The van der Waals surface area contributed by atoms with E-state index < -0.39 is 0 Å². The smallest absolute Gasteiger partial charge is 0.223 e. The van der Waals surface area contributed by atoms with Crippen molar-refractivity contribution in [3.05, 3.63) is 0 Å². The lowest BCUT2D eigenvalue weighted by Gasteiger charge is -2.55. The molecule has 0 unspecified atom stereocenters. The summed E-state index contributed by atoms with van der Waals surface area (Å²) in [5, 5.41) is 0. The largest absolute Gasteiger partial charge is 0.380 e. The van der Waals surface area contributed by atoms with Crippen LogP contribution in [0.15, 0.2) is 0 Å². The minimum Gasteiger partial charge on any atom is -0.380 e. The highest BCUT2D eigenvalue weighted by Crippen LogP contribution is 2.39. The zero-order valence-corrected chi connectivity index (χ0v) is 10.7. The fraction of sp³-hybridized carbons (Fsp3) is 0.923. The lowest BCUT2D eigenvalue weighted by molar-refractivity contribution is -0.196. The third kappa shape index (κ3) is 1.97. The molecule has 2 heterocycles. The molecule has 0 atom stereocenters. The van der Waals surface area contributed by atoms with Gasteiger partial charge in [-0.1, -0.05) is 33.6 Å². The summed E-state index contributed by atoms with van der Waals surface area (Å²) in [5.41, 5.74) is 0.542. The van der Waals surface area contributed by atoms with Crippen molar-refractivity contribution in [2.45, 2.75) is 40.0 Å². The molecule has 1 amide bonds. The van der Waals surface area contributed by atoms with Crippen molar-refractivity contribution in [2.24, 2.45) is 10.8 Å². The molecule has 0 aromatic rings. The van der Waals surface area contributed by atoms with Crippen LogP contribution in [0, 0.1) is 10.8 Å². The molecule has 92 valence electrons. The molecule has 3 nitrogen and oxygen atoms in total. The molecular weight excluding hydrogens is 202 g/mol. The number of likely N-dealkylation sites (tertiary alicyclic amines) is 1. The molecule has 0 N–H and O–H groups in total. The van der Waals surface area contributed by atoms with Crippen molar-refractivity contribution in [1.82, 2.24) is 4.90 Å². The first-order valence-electron chi connectivity index (χ1n) is 6.38. The van der Waals surface area contributed by atoms with Gasteiger partial charge in [0.2, 0.25) is 5.91 Å². The van der Waals surface area contributed by atoms with Crippen molar-refractivity contribution < 1.29 is 9.53 Å². The van der Waals surface area contributed by atoms with Crippen molar-refractivity contribution in [3.8, 4) is 0 Å². The molecule has 16 heavy (non-hydrogen) atoms. The molecular formula is C13H23NO2. The molecule has 0 aliphatic carbocycles. The average Bonchev–Trinajstić information content (AvgIpc) is 2.13. The molecule has 1 spiro atoms. The van der Waals surface area contributed by atoms with E-state index in [1.807, 2.05) is 4.90 Å². The highest BCUT2D eigenvalue weighted by molar-refractivity contribution is 5.78. The predicted octanol–water partition coefficient (Wildman–Crippen LogP) is 2.06. The Labute approximate surface area is 98.1 Å². The Hall–Kier alpha value is -0.570. The van der Waals surface area contributed by atoms with Crippen molar-refractivity contribution >= 4 is 5.91 Å². The van der Waals surface area contributed by atoms with Crippen molar-refractivity contribution in [2.75, 3.05) is 26.3 Å². The van der Waals surface area contributed by atoms with Gasteiger partial charge in [0.1, 0.15) is 0 Å². The first-order valence-corrected chi connectivity index (χ1v) is 6.38. The van der Waals surface area contributed by atoms with Gasteiger partial charge in [-0.15, -0.1) is 0 Å². The second kappa shape index (κ2) is 4.02. The number of amides is 1. The second-order valence-corrected chi connectivity index (χ2v) is 5.94. The summed E-state index contributed by atoms with van der Waals surface area (Å²) in [7, 11) is 0. The first kappa shape index (κ1) is 11.9. The van der Waals surface area contributed by atoms with E-state index in [2.05, 4.69) is 20.8 Å². The number of nitrogens with zero attached hydrogens (tertiary/aromatic N) is 1. The number of carbonyl (C=O) groups is 1. The van der Waals surface area contributed by atoms with Crippen LogP contribution in [-0.2, 0) is 9.53 Å². The topological polar surface area (TPSA) is 29.5 Å². The van der Waals surface area contributed by atoms with Crippen LogP contribution < -0.4 is 0 Å². The van der Waals surface area contributed by atoms with E-state index in [1.165, 1.54) is 0 Å². The maximum absolute atomic E-state index is 12.1. The lowest BCUT2D eigenvalue weighted by atomic mass is 9.76. The minimum atomic E-state index is 0.190. The molecule has 0 saturated carbocycles. The van der Waals surface area contributed by atoms with Gasteiger partial charge in [0.05, 0.1) is 18.6 Å². The molecule has 2 aliphatic rings. The zero-order chi connectivity index (χ0) is 11.8. The van der Waals surface area contributed by atoms with Gasteiger partial charge >= 0.3 is 0 Å². The minimum absolute atomic E-state index is 0.190. The second-order valence-electron chi connectivity index (χ2n) is 5.94. The number of ether oxygens (including phenoxy) is 1. The van der Waals surface area contributed by atoms with Gasteiger partial charge in [0.25, 0.3) is 0 Å². The fourth-order valence-corrected chi connectivity index (χ4v) is 2.49. The van der Waals surface area contributed by atoms with Gasteiger partial charge in [-0.3, -0.25) is 4.79 Å². The van der Waals surface area contributed by atoms with E-state index in [0.29, 0.717) is 17.7 Å². The summed E-state index contributed by atoms with van der Waals surface area (Å²) in [6.45, 7) is 10.1. The van der Waals surface area contributed by atoms with Crippen LogP contribution >= 0.6 is 0 Å². The van der Waals surface area contributed by atoms with Crippen LogP contribution in [0.25, 0.3) is 0 Å². The maximum atomic E-state index is 12.1. The lowest BCUT2D eigenvalue weighted by Crippen LogP contribution is -2.67. The number of hydrogen-bond donors (Lipinski definition) is 0. The Bertz CT molecular complexity index is 272. The van der Waals surface area contributed by atoms with E-state index in [1.54, 1.807) is 0 Å². The summed E-state index contributed by atoms with van der Waals surface area (Å²) in [5.74, 6) is 0.337. The maximum Gasteiger partial charge on any atom is 0.223 e. The number of carbonyl (C=O) groups excluding carboxylic acids is 1. The van der Waals surface area contributed by atoms with Gasteiger partial charge < -0.3 is 9.64 Å². The number of rotatable bonds is 4. The van der Waals surface area contributed by atoms with Gasteiger partial charge in [0.15, 0.2) is 0 Å². The Morgan fingerprint density at radius 2 is 1.88 bits per heavy atom. The quantitative estimate of drug-likeness (QED) is 0.733. The fourth-order valence-electron chi connectivity index (χ4n) is 2.49. The van der Waals surface area contributed by atoms with Gasteiger partial charge in [-0.2, -0.15) is 0 Å². The molecule has 2 rings (SSSR count). The Balaban J connectivity index is 1.81. The molecule has 2 fully saturated rings. The molecule has 0 aromatic carbocycles. The Morgan fingerprint density at radius 3 is 2.25 bits per heavy atom. The Kier molecular flexibility index (Phi) is 2.99. The number of hydrogen-bond acceptors (Lipinski definition) is 2. The van der Waals surface area contributed by atoms with Crippen LogP contribution in [0.1, 0.15) is 40.0 Å². The van der Waals surface area contributed by atoms with Crippen molar-refractivity contribution in [3.63, 3.8) is 0 Å². The van der Waals surface area contributed by atoms with E-state index in [4.69, 9.17) is 4.74 Å². The third-order valence-electron chi connectivity index (χ3n) is 4.51. The van der Waals surface area contributed by atoms with E-state index in [-0.39, 0.29) is 5.41 Å². The van der Waals surface area contributed by atoms with E-state index >= 15 is 0 Å². The first-order chi connectivity index (χ1) is 7.52. The van der Waals surface area contributed by atoms with Gasteiger partial charge in [-0.25, -0.2) is 0 Å². The van der Waals surface area contributed by atoms with Gasteiger partial charge in [0, 0.05) is 19.5 Å². The predicted molar refractivity (Wildman–Crippen MR) is 63.1 cm³/mol. The third-order valence-corrected chi connectivity index (χ3v) is 4.51. The molecule has 3 heteroatoms. The van der Waals surface area contributed by atoms with Crippen molar-refractivity contribution in [1.29, 1.82) is 0 Å². The normalized spacial score (nSPS) is 22.8. The van der Waals surface area contributed by atoms with E-state index in [0.717, 1.165) is 39.1 Å². The molecule has 2 aliphatic heterocycles. The van der Waals surface area contributed by atoms with Crippen LogP contribution in [0.5, 0.6) is 0 Å². The summed E-state index contributed by atoms with van der Waals surface area (Å²) in [6.07, 6.45) is 2.87. The molecule has 0 bridgehead atoms. The summed E-state index contributed by atoms with van der Waals surface area (Å²) >= 11 is 0. The average molecular weight is 225 g/mol. The summed E-state index contributed by atoms with van der Waals surface area (Å²) in [6, 6.07) is 0. The molecule has 0 aromatic heterocycles. The highest BCUT2D eigenvalue weighted by Gasteiger charge is 2.50. The SMILES string of the molecule is CCC(C)(CC)CC(=O)N1CC2(COC2)C1. The van der Waals surface area contributed by atoms with Crippen LogP contribution in [0.2, 0.25) is 0 Å². The van der Waals surface area contributed by atoms with Crippen LogP contribution in [0.3, 0.4) is 0 Å². The highest BCUT2D eigenvalue weighted by atomic mass is 16.5. The van der Waals surface area contributed by atoms with Gasteiger partial charge in [-0.05, 0) is 5.41 Å². The Morgan fingerprint density at radius 1 is 1.31 bits per heavy atom. The van der Waals surface area contributed by atoms with Crippen LogP contribution in [0.4, 0.5) is 0 Å². The molecule has 0 radical (unpaired) electrons.